The molecule has 0 aliphatic carbocycles. The molecule has 2 atom stereocenters. The van der Waals surface area contributed by atoms with E-state index < -0.39 is 6.10 Å². The summed E-state index contributed by atoms with van der Waals surface area (Å²) in [6.45, 7) is 6.55. The van der Waals surface area contributed by atoms with E-state index in [2.05, 4.69) is 24.0 Å². The van der Waals surface area contributed by atoms with E-state index in [4.69, 9.17) is 4.74 Å². The van der Waals surface area contributed by atoms with Gasteiger partial charge < -0.3 is 14.7 Å². The van der Waals surface area contributed by atoms with Crippen LogP contribution in [0.3, 0.4) is 0 Å². The van der Waals surface area contributed by atoms with Crippen LogP contribution in [-0.4, -0.2) is 30.9 Å². The monoisotopic (exact) mass is 221 g/mol. The van der Waals surface area contributed by atoms with Crippen LogP contribution < -0.4 is 4.90 Å². The van der Waals surface area contributed by atoms with E-state index in [9.17, 15) is 5.11 Å². The predicted octanol–water partition coefficient (Wildman–Crippen LogP) is 1.97. The van der Waals surface area contributed by atoms with Crippen LogP contribution in [0.4, 0.5) is 5.69 Å². The number of aliphatic hydroxyl groups excluding tert-OH is 1. The number of rotatable bonds is 2. The van der Waals surface area contributed by atoms with E-state index >= 15 is 0 Å². The van der Waals surface area contributed by atoms with E-state index in [1.807, 2.05) is 12.1 Å². The summed E-state index contributed by atoms with van der Waals surface area (Å²) in [5.74, 6) is 0. The zero-order chi connectivity index (χ0) is 11.5. The molecule has 1 N–H and O–H groups in total. The minimum atomic E-state index is -0.391. The number of benzene rings is 1. The molecule has 1 fully saturated rings. The Kier molecular flexibility index (Phi) is 3.46. The fourth-order valence-corrected chi connectivity index (χ4v) is 2.02. The zero-order valence-corrected chi connectivity index (χ0v) is 9.89. The Morgan fingerprint density at radius 3 is 2.62 bits per heavy atom. The Morgan fingerprint density at radius 2 is 2.06 bits per heavy atom. The van der Waals surface area contributed by atoms with Crippen LogP contribution in [0.2, 0.25) is 0 Å². The summed E-state index contributed by atoms with van der Waals surface area (Å²) >= 11 is 0. The van der Waals surface area contributed by atoms with Gasteiger partial charge in [-0.25, -0.2) is 0 Å². The van der Waals surface area contributed by atoms with Crippen molar-refractivity contribution in [3.05, 3.63) is 29.8 Å². The summed E-state index contributed by atoms with van der Waals surface area (Å²) in [6, 6.07) is 8.11. The molecule has 3 nitrogen and oxygen atoms in total. The van der Waals surface area contributed by atoms with Crippen molar-refractivity contribution >= 4 is 5.69 Å². The highest BCUT2D eigenvalue weighted by molar-refractivity contribution is 5.48. The van der Waals surface area contributed by atoms with Crippen molar-refractivity contribution in [3.8, 4) is 0 Å². The van der Waals surface area contributed by atoms with Gasteiger partial charge in [0.05, 0.1) is 18.8 Å². The van der Waals surface area contributed by atoms with Crippen LogP contribution in [0.1, 0.15) is 25.5 Å². The topological polar surface area (TPSA) is 32.7 Å². The molecule has 1 heterocycles. The van der Waals surface area contributed by atoms with Crippen LogP contribution in [0.25, 0.3) is 0 Å². The average Bonchev–Trinajstić information content (AvgIpc) is 2.29. The van der Waals surface area contributed by atoms with Gasteiger partial charge in [0.25, 0.3) is 0 Å². The molecule has 1 aliphatic heterocycles. The quantitative estimate of drug-likeness (QED) is 0.828. The summed E-state index contributed by atoms with van der Waals surface area (Å²) in [7, 11) is 0. The van der Waals surface area contributed by atoms with Crippen LogP contribution in [0.15, 0.2) is 24.3 Å². The van der Waals surface area contributed by atoms with Crippen molar-refractivity contribution in [2.24, 2.45) is 0 Å². The second-order valence-corrected chi connectivity index (χ2v) is 4.39. The standard InChI is InChI=1S/C13H19NO2/c1-10-9-14(7-8-16-10)13-5-3-12(4-6-13)11(2)15/h3-6,10-11,15H,7-9H2,1-2H3. The second-order valence-electron chi connectivity index (χ2n) is 4.39. The maximum absolute atomic E-state index is 9.43. The molecule has 16 heavy (non-hydrogen) atoms. The van der Waals surface area contributed by atoms with Gasteiger partial charge >= 0.3 is 0 Å². The lowest BCUT2D eigenvalue weighted by Gasteiger charge is -2.33. The summed E-state index contributed by atoms with van der Waals surface area (Å²) in [5, 5.41) is 9.43. The van der Waals surface area contributed by atoms with Gasteiger partial charge in [0, 0.05) is 18.8 Å². The molecule has 0 amide bonds. The largest absolute Gasteiger partial charge is 0.389 e. The molecular formula is C13H19NO2. The molecule has 0 aromatic heterocycles. The van der Waals surface area contributed by atoms with Gasteiger partial charge in [-0.15, -0.1) is 0 Å². The van der Waals surface area contributed by atoms with E-state index in [0.29, 0.717) is 6.10 Å². The molecule has 0 saturated carbocycles. The van der Waals surface area contributed by atoms with E-state index in [1.165, 1.54) is 5.69 Å². The highest BCUT2D eigenvalue weighted by atomic mass is 16.5. The third kappa shape index (κ3) is 2.54. The Bertz CT molecular complexity index is 334. The normalized spacial score (nSPS) is 23.2. The van der Waals surface area contributed by atoms with Crippen LogP contribution >= 0.6 is 0 Å². The Labute approximate surface area is 96.6 Å². The van der Waals surface area contributed by atoms with Gasteiger partial charge in [-0.2, -0.15) is 0 Å². The van der Waals surface area contributed by atoms with Gasteiger partial charge in [-0.05, 0) is 31.5 Å². The first-order valence-corrected chi connectivity index (χ1v) is 5.81. The Hall–Kier alpha value is -1.06. The van der Waals surface area contributed by atoms with E-state index in [1.54, 1.807) is 6.92 Å². The summed E-state index contributed by atoms with van der Waals surface area (Å²) in [6.07, 6.45) is -0.0946. The first kappa shape index (κ1) is 11.4. The number of nitrogens with zero attached hydrogens (tertiary/aromatic N) is 1. The minimum absolute atomic E-state index is 0.296. The molecule has 1 aromatic carbocycles. The molecule has 0 radical (unpaired) electrons. The first-order chi connectivity index (χ1) is 7.66. The molecule has 2 unspecified atom stereocenters. The SMILES string of the molecule is CC1CN(c2ccc(C(C)O)cc2)CCO1. The van der Waals surface area contributed by atoms with Gasteiger partial charge in [-0.1, -0.05) is 12.1 Å². The highest BCUT2D eigenvalue weighted by Crippen LogP contribution is 2.20. The lowest BCUT2D eigenvalue weighted by molar-refractivity contribution is 0.0532. The van der Waals surface area contributed by atoms with Crippen molar-refractivity contribution in [1.29, 1.82) is 0 Å². The minimum Gasteiger partial charge on any atom is -0.389 e. The van der Waals surface area contributed by atoms with Crippen molar-refractivity contribution in [3.63, 3.8) is 0 Å². The maximum Gasteiger partial charge on any atom is 0.0761 e. The molecule has 1 aromatic rings. The number of aliphatic hydroxyl groups is 1. The summed E-state index contributed by atoms with van der Waals surface area (Å²) in [5.41, 5.74) is 2.17. The smallest absolute Gasteiger partial charge is 0.0761 e. The lowest BCUT2D eigenvalue weighted by atomic mass is 10.1. The highest BCUT2D eigenvalue weighted by Gasteiger charge is 2.16. The van der Waals surface area contributed by atoms with E-state index in [0.717, 1.165) is 25.3 Å². The molecule has 0 spiro atoms. The fraction of sp³-hybridized carbons (Fsp3) is 0.538. The molecule has 88 valence electrons. The lowest BCUT2D eigenvalue weighted by Crippen LogP contribution is -2.41. The fourth-order valence-electron chi connectivity index (χ4n) is 2.02. The van der Waals surface area contributed by atoms with Crippen molar-refractivity contribution in [2.75, 3.05) is 24.6 Å². The maximum atomic E-state index is 9.43. The molecule has 2 rings (SSSR count). The molecule has 3 heteroatoms. The van der Waals surface area contributed by atoms with Crippen LogP contribution in [0.5, 0.6) is 0 Å². The van der Waals surface area contributed by atoms with Crippen molar-refractivity contribution < 1.29 is 9.84 Å². The summed E-state index contributed by atoms with van der Waals surface area (Å²) in [4.78, 5) is 2.32. The zero-order valence-electron chi connectivity index (χ0n) is 9.89. The number of ether oxygens (including phenoxy) is 1. The van der Waals surface area contributed by atoms with Crippen molar-refractivity contribution in [2.45, 2.75) is 26.1 Å². The van der Waals surface area contributed by atoms with Crippen molar-refractivity contribution in [1.82, 2.24) is 0 Å². The third-order valence-corrected chi connectivity index (χ3v) is 2.98. The molecule has 1 saturated heterocycles. The van der Waals surface area contributed by atoms with Gasteiger partial charge in [-0.3, -0.25) is 0 Å². The van der Waals surface area contributed by atoms with Crippen LogP contribution in [0, 0.1) is 0 Å². The number of anilines is 1. The molecule has 1 aliphatic rings. The van der Waals surface area contributed by atoms with Gasteiger partial charge in [0.15, 0.2) is 0 Å². The Morgan fingerprint density at radius 1 is 1.38 bits per heavy atom. The van der Waals surface area contributed by atoms with Gasteiger partial charge in [0.2, 0.25) is 0 Å². The second kappa shape index (κ2) is 4.85. The van der Waals surface area contributed by atoms with Crippen LogP contribution in [-0.2, 0) is 4.74 Å². The number of morpholine rings is 1. The van der Waals surface area contributed by atoms with E-state index in [-0.39, 0.29) is 0 Å². The average molecular weight is 221 g/mol. The predicted molar refractivity (Wildman–Crippen MR) is 64.7 cm³/mol. The molecular weight excluding hydrogens is 202 g/mol. The van der Waals surface area contributed by atoms with Gasteiger partial charge in [0.1, 0.15) is 0 Å². The Balaban J connectivity index is 2.09. The third-order valence-electron chi connectivity index (χ3n) is 2.98. The molecule has 0 bridgehead atoms. The first-order valence-electron chi connectivity index (χ1n) is 5.81. The number of hydrogen-bond donors (Lipinski definition) is 1. The number of hydrogen-bond acceptors (Lipinski definition) is 3. The summed E-state index contributed by atoms with van der Waals surface area (Å²) < 4.78 is 5.51.